The van der Waals surface area contributed by atoms with E-state index >= 15 is 0 Å². The zero-order valence-corrected chi connectivity index (χ0v) is 35.4. The fourth-order valence-electron chi connectivity index (χ4n) is 5.15. The first-order chi connectivity index (χ1) is 28.1. The zero-order chi connectivity index (χ0) is 42.2. The third-order valence-corrected chi connectivity index (χ3v) is 8.51. The molecule has 2 unspecified atom stereocenters. The number of carbonyl (C=O) groups excluding carboxylic acids is 3. The molecule has 58 heavy (non-hydrogen) atoms. The molecule has 6 amide bonds. The predicted molar refractivity (Wildman–Crippen MR) is 235 cm³/mol. The summed E-state index contributed by atoms with van der Waals surface area (Å²) in [5, 5.41) is 36.6. The highest BCUT2D eigenvalue weighted by atomic mass is 16.5. The van der Waals surface area contributed by atoms with E-state index in [1.54, 1.807) is 18.2 Å². The Hall–Kier alpha value is -4.91. The molecule has 324 valence electrons. The van der Waals surface area contributed by atoms with Crippen LogP contribution in [-0.4, -0.2) is 109 Å². The van der Waals surface area contributed by atoms with Crippen LogP contribution in [0.4, 0.5) is 31.4 Å². The van der Waals surface area contributed by atoms with Crippen molar-refractivity contribution in [2.75, 3.05) is 95.1 Å². The number of amides is 6. The second-order valence-corrected chi connectivity index (χ2v) is 13.7. The molecule has 0 fully saturated rings. The van der Waals surface area contributed by atoms with Crippen LogP contribution in [0.25, 0.3) is 0 Å². The Kier molecular flexibility index (Phi) is 26.4. The van der Waals surface area contributed by atoms with Crippen LogP contribution in [-0.2, 0) is 9.47 Å². The van der Waals surface area contributed by atoms with Crippen molar-refractivity contribution in [2.24, 2.45) is 0 Å². The molecule has 17 nitrogen and oxygen atoms in total. The van der Waals surface area contributed by atoms with Crippen LogP contribution in [0.2, 0.25) is 0 Å². The summed E-state index contributed by atoms with van der Waals surface area (Å²) < 4.78 is 11.3. The molecule has 17 heteroatoms. The van der Waals surface area contributed by atoms with Crippen LogP contribution < -0.4 is 63.8 Å². The molecule has 0 aliphatic carbocycles. The Morgan fingerprint density at radius 2 is 1.16 bits per heavy atom. The van der Waals surface area contributed by atoms with Gasteiger partial charge in [-0.2, -0.15) is 0 Å². The van der Waals surface area contributed by atoms with Gasteiger partial charge in [0.25, 0.3) is 0 Å². The van der Waals surface area contributed by atoms with Crippen molar-refractivity contribution in [1.29, 1.82) is 0 Å². The van der Waals surface area contributed by atoms with Gasteiger partial charge < -0.3 is 68.0 Å². The summed E-state index contributed by atoms with van der Waals surface area (Å²) in [4.78, 5) is 37.7. The highest BCUT2D eigenvalue weighted by molar-refractivity contribution is 5.94. The van der Waals surface area contributed by atoms with Crippen LogP contribution in [0, 0.1) is 20.8 Å². The lowest BCUT2D eigenvalue weighted by Gasteiger charge is -2.19. The van der Waals surface area contributed by atoms with Crippen molar-refractivity contribution in [3.8, 4) is 0 Å². The Balaban J connectivity index is 1.48. The minimum Gasteiger partial charge on any atom is -0.379 e. The van der Waals surface area contributed by atoms with Gasteiger partial charge in [-0.3, -0.25) is 5.32 Å². The summed E-state index contributed by atoms with van der Waals surface area (Å²) in [6.45, 7) is 19.1. The molecule has 0 aromatic heterocycles. The topological polar surface area (TPSA) is 214 Å². The quantitative estimate of drug-likeness (QED) is 0.0404. The standard InChI is InChI=1S/C41H70N12O5/c1-7-8-17-42-29-46-22-24-57-25-23-47-30-44-19-11-18-43-28-45-20-12-21-48-39(54)51-37-15-10-16-38(35(37)6)53-41(56)50-33(4)27-58-26-32(3)49-40(55)52-36-14-9-13-31(2)34(36)5/h8-11,13-18,32-33,42-47H,7,12,19-30H2,1-6H3,(H2,48,51,54)(H2,49,52,55)(H2,50,53,56)/b17-8+,18-11+. The Morgan fingerprint density at radius 1 is 0.621 bits per heavy atom. The molecular weight excluding hydrogens is 741 g/mol. The average Bonchev–Trinajstić information content (AvgIpc) is 3.18. The molecule has 2 rings (SSSR count). The maximum atomic E-state index is 12.7. The van der Waals surface area contributed by atoms with Gasteiger partial charge in [0.2, 0.25) is 0 Å². The molecule has 0 aliphatic rings. The molecular formula is C41H70N12O5. The second kappa shape index (κ2) is 31.1. The summed E-state index contributed by atoms with van der Waals surface area (Å²) in [5.74, 6) is 0. The number of aryl methyl sites for hydroxylation is 1. The molecule has 0 heterocycles. The lowest BCUT2D eigenvalue weighted by Crippen LogP contribution is -2.42. The highest BCUT2D eigenvalue weighted by Crippen LogP contribution is 2.23. The largest absolute Gasteiger partial charge is 0.379 e. The summed E-state index contributed by atoms with van der Waals surface area (Å²) in [6, 6.07) is 9.50. The summed E-state index contributed by atoms with van der Waals surface area (Å²) in [7, 11) is 0. The van der Waals surface area contributed by atoms with Gasteiger partial charge >= 0.3 is 18.1 Å². The van der Waals surface area contributed by atoms with Gasteiger partial charge in [-0.25, -0.2) is 14.4 Å². The molecule has 2 aromatic rings. The SMILES string of the molecule is CC/C=C/NCNCCOCCNCNC/C=C/NCNCCCNC(=O)Nc1cccc(NC(=O)NC(C)COCC(C)NC(=O)Nc2cccc(C)c2C)c1C. The third-order valence-electron chi connectivity index (χ3n) is 8.51. The van der Waals surface area contributed by atoms with Gasteiger partial charge in [-0.15, -0.1) is 0 Å². The van der Waals surface area contributed by atoms with Gasteiger partial charge in [-0.1, -0.05) is 37.3 Å². The average molecular weight is 811 g/mol. The Morgan fingerprint density at radius 3 is 1.78 bits per heavy atom. The van der Waals surface area contributed by atoms with E-state index in [4.69, 9.17) is 9.47 Å². The molecule has 2 atom stereocenters. The lowest BCUT2D eigenvalue weighted by molar-refractivity contribution is 0.103. The van der Waals surface area contributed by atoms with Crippen molar-refractivity contribution < 1.29 is 23.9 Å². The lowest BCUT2D eigenvalue weighted by atomic mass is 10.1. The predicted octanol–water partition coefficient (Wildman–Crippen LogP) is 3.72. The van der Waals surface area contributed by atoms with Crippen molar-refractivity contribution in [1.82, 2.24) is 47.9 Å². The molecule has 0 radical (unpaired) electrons. The molecule has 0 bridgehead atoms. The molecule has 2 aromatic carbocycles. The van der Waals surface area contributed by atoms with Crippen LogP contribution >= 0.6 is 0 Å². The first-order valence-corrected chi connectivity index (χ1v) is 20.2. The fraction of sp³-hybridized carbons (Fsp3) is 0.537. The molecule has 12 N–H and O–H groups in total. The van der Waals surface area contributed by atoms with Crippen LogP contribution in [0.1, 0.15) is 50.3 Å². The van der Waals surface area contributed by atoms with Crippen LogP contribution in [0.5, 0.6) is 0 Å². The van der Waals surface area contributed by atoms with Crippen molar-refractivity contribution in [2.45, 2.75) is 66.5 Å². The van der Waals surface area contributed by atoms with E-state index < -0.39 is 6.03 Å². The van der Waals surface area contributed by atoms with Crippen molar-refractivity contribution >= 4 is 35.2 Å². The Labute approximate surface area is 345 Å². The summed E-state index contributed by atoms with van der Waals surface area (Å²) in [5.41, 5.74) is 4.76. The smallest absolute Gasteiger partial charge is 0.319 e. The fourth-order valence-corrected chi connectivity index (χ4v) is 5.15. The van der Waals surface area contributed by atoms with E-state index in [1.165, 1.54) is 0 Å². The van der Waals surface area contributed by atoms with E-state index in [2.05, 4.69) is 76.8 Å². The number of hydrogen-bond donors (Lipinski definition) is 12. The minimum atomic E-state index is -0.400. The minimum absolute atomic E-state index is 0.243. The number of nitrogens with one attached hydrogen (secondary N) is 12. The van der Waals surface area contributed by atoms with E-state index in [1.807, 2.05) is 71.3 Å². The highest BCUT2D eigenvalue weighted by Gasteiger charge is 2.14. The third kappa shape index (κ3) is 23.4. The summed E-state index contributed by atoms with van der Waals surface area (Å²) >= 11 is 0. The van der Waals surface area contributed by atoms with Gasteiger partial charge in [0.15, 0.2) is 0 Å². The van der Waals surface area contributed by atoms with Crippen LogP contribution in [0.15, 0.2) is 61.0 Å². The molecule has 0 saturated heterocycles. The number of urea groups is 3. The maximum Gasteiger partial charge on any atom is 0.319 e. The van der Waals surface area contributed by atoms with Crippen molar-refractivity contribution in [3.63, 3.8) is 0 Å². The number of anilines is 3. The van der Waals surface area contributed by atoms with E-state index in [0.29, 0.717) is 44.5 Å². The Bertz CT molecular complexity index is 1530. The van der Waals surface area contributed by atoms with Crippen LogP contribution in [0.3, 0.4) is 0 Å². The maximum absolute atomic E-state index is 12.7. The normalized spacial score (nSPS) is 12.2. The van der Waals surface area contributed by atoms with Gasteiger partial charge in [0, 0.05) is 49.9 Å². The second-order valence-electron chi connectivity index (χ2n) is 13.7. The number of rotatable bonds is 30. The first kappa shape index (κ1) is 49.2. The van der Waals surface area contributed by atoms with E-state index in [-0.39, 0.29) is 37.4 Å². The zero-order valence-electron chi connectivity index (χ0n) is 35.4. The first-order valence-electron chi connectivity index (χ1n) is 20.2. The van der Waals surface area contributed by atoms with E-state index in [0.717, 1.165) is 68.1 Å². The van der Waals surface area contributed by atoms with Gasteiger partial charge in [-0.05, 0) is 101 Å². The van der Waals surface area contributed by atoms with E-state index in [9.17, 15) is 14.4 Å². The molecule has 0 spiro atoms. The van der Waals surface area contributed by atoms with Crippen molar-refractivity contribution in [3.05, 3.63) is 77.6 Å². The monoisotopic (exact) mass is 811 g/mol. The number of benzene rings is 2. The van der Waals surface area contributed by atoms with Gasteiger partial charge in [0.05, 0.1) is 51.8 Å². The van der Waals surface area contributed by atoms with Gasteiger partial charge in [0.1, 0.15) is 0 Å². The number of allylic oxidation sites excluding steroid dienone is 1. The number of carbonyl (C=O) groups is 3. The molecule has 0 aliphatic heterocycles. The molecule has 0 saturated carbocycles. The number of ether oxygens (including phenoxy) is 2. The number of hydrogen-bond acceptors (Lipinski definition) is 11. The summed E-state index contributed by atoms with van der Waals surface area (Å²) in [6.07, 6.45) is 9.72.